The first-order chi connectivity index (χ1) is 22.4. The Morgan fingerprint density at radius 1 is 1.09 bits per heavy atom. The minimum absolute atomic E-state index is 0.00838. The Balaban J connectivity index is 1.17. The monoisotopic (exact) mass is 683 g/mol. The van der Waals surface area contributed by atoms with Crippen molar-refractivity contribution < 1.29 is 27.1 Å². The third-order valence-electron chi connectivity index (χ3n) is 9.33. The molecular weight excluding hydrogens is 642 g/mol. The number of carbonyl (C=O) groups is 2. The second-order valence-electron chi connectivity index (χ2n) is 13.4. The van der Waals surface area contributed by atoms with Crippen molar-refractivity contribution in [3.8, 4) is 22.1 Å². The highest BCUT2D eigenvalue weighted by molar-refractivity contribution is 7.91. The van der Waals surface area contributed by atoms with Gasteiger partial charge >= 0.3 is 0 Å². The molecule has 47 heavy (non-hydrogen) atoms. The summed E-state index contributed by atoms with van der Waals surface area (Å²) in [6.45, 7) is 8.41. The largest absolute Gasteiger partial charge is 0.457 e. The first-order valence-electron chi connectivity index (χ1n) is 16.4. The predicted molar refractivity (Wildman–Crippen MR) is 179 cm³/mol. The third-order valence-corrected chi connectivity index (χ3v) is 12.3. The molecule has 0 spiro atoms. The second kappa shape index (κ2) is 14.0. The van der Waals surface area contributed by atoms with Gasteiger partial charge < -0.3 is 19.9 Å². The van der Waals surface area contributed by atoms with Crippen LogP contribution in [0.15, 0.2) is 36.4 Å². The number of rotatable bonds is 9. The fourth-order valence-electron chi connectivity index (χ4n) is 6.61. The number of hydrogen-bond donors (Lipinski definition) is 1. The molecule has 3 aliphatic heterocycles. The molecule has 1 N–H and O–H groups in total. The molecule has 2 amide bonds. The third kappa shape index (κ3) is 8.01. The van der Waals surface area contributed by atoms with Crippen LogP contribution in [0, 0.1) is 11.7 Å². The van der Waals surface area contributed by atoms with Crippen molar-refractivity contribution in [3.05, 3.63) is 58.3 Å². The summed E-state index contributed by atoms with van der Waals surface area (Å²) < 4.78 is 45.6. The van der Waals surface area contributed by atoms with Crippen molar-refractivity contribution in [3.63, 3.8) is 0 Å². The molecule has 0 aliphatic carbocycles. The van der Waals surface area contributed by atoms with Gasteiger partial charge in [-0.3, -0.25) is 9.59 Å². The number of halogens is 1. The van der Waals surface area contributed by atoms with E-state index in [1.165, 1.54) is 12.1 Å². The van der Waals surface area contributed by atoms with Gasteiger partial charge in [-0.1, -0.05) is 32.1 Å². The summed E-state index contributed by atoms with van der Waals surface area (Å²) in [5.74, 6) is 0.601. The number of sulfone groups is 1. The van der Waals surface area contributed by atoms with Gasteiger partial charge in [0.25, 0.3) is 5.91 Å². The number of carbonyl (C=O) groups excluding carboxylic acids is 2. The first kappa shape index (κ1) is 33.5. The normalized spacial score (nSPS) is 21.0. The number of amides is 2. The number of benzene rings is 2. The molecule has 10 nitrogen and oxygen atoms in total. The number of hydrogen-bond acceptors (Lipinski definition) is 9. The minimum atomic E-state index is -2.92. The van der Waals surface area contributed by atoms with Crippen LogP contribution in [0.1, 0.15) is 79.7 Å². The molecule has 1 aromatic heterocycles. The summed E-state index contributed by atoms with van der Waals surface area (Å²) in [6.07, 6.45) is 3.14. The Bertz CT molecular complexity index is 1710. The van der Waals surface area contributed by atoms with Gasteiger partial charge in [0.2, 0.25) is 5.91 Å². The van der Waals surface area contributed by atoms with Gasteiger partial charge in [-0.15, -0.1) is 10.2 Å². The summed E-state index contributed by atoms with van der Waals surface area (Å²) in [5, 5.41) is 13.4. The van der Waals surface area contributed by atoms with Crippen LogP contribution in [0.3, 0.4) is 0 Å². The number of piperidine rings is 1. The van der Waals surface area contributed by atoms with Crippen molar-refractivity contribution in [1.29, 1.82) is 0 Å². The van der Waals surface area contributed by atoms with Crippen LogP contribution < -0.4 is 10.1 Å². The van der Waals surface area contributed by atoms with Crippen molar-refractivity contribution in [1.82, 2.24) is 25.3 Å². The van der Waals surface area contributed by atoms with Gasteiger partial charge in [-0.25, -0.2) is 12.8 Å². The molecule has 0 saturated carbocycles. The maximum absolute atomic E-state index is 15.6. The van der Waals surface area contributed by atoms with Crippen molar-refractivity contribution in [2.24, 2.45) is 5.92 Å². The lowest BCUT2D eigenvalue weighted by Crippen LogP contribution is -2.49. The van der Waals surface area contributed by atoms with Gasteiger partial charge in [0.15, 0.2) is 0 Å². The van der Waals surface area contributed by atoms with Crippen LogP contribution in [-0.4, -0.2) is 83.5 Å². The number of nitrogens with one attached hydrogen (secondary N) is 1. The quantitative estimate of drug-likeness (QED) is 0.318. The average molecular weight is 684 g/mol. The SMILES string of the molecule is CC1CC(=O)N(Cc2cc(F)c(C(=O)NC3CCN(C4CCS(=O)(=O)CC4)CC3)cc2Oc2ccc(-c3nnc(C(C)C)s3)cc2)C1. The molecule has 4 heterocycles. The molecule has 3 saturated heterocycles. The van der Waals surface area contributed by atoms with Gasteiger partial charge in [-0.2, -0.15) is 0 Å². The van der Waals surface area contributed by atoms with Gasteiger partial charge in [0, 0.05) is 61.7 Å². The van der Waals surface area contributed by atoms with Crippen LogP contribution in [0.2, 0.25) is 0 Å². The molecule has 2 aromatic carbocycles. The molecule has 0 bridgehead atoms. The van der Waals surface area contributed by atoms with Crippen LogP contribution in [0.5, 0.6) is 11.5 Å². The smallest absolute Gasteiger partial charge is 0.254 e. The van der Waals surface area contributed by atoms with E-state index in [0.717, 1.165) is 28.7 Å². The fraction of sp³-hybridized carbons (Fsp3) is 0.529. The lowest BCUT2D eigenvalue weighted by molar-refractivity contribution is -0.128. The Morgan fingerprint density at radius 2 is 1.79 bits per heavy atom. The maximum Gasteiger partial charge on any atom is 0.254 e. The average Bonchev–Trinajstić information content (AvgIpc) is 3.65. The zero-order valence-corrected chi connectivity index (χ0v) is 28.7. The molecule has 252 valence electrons. The Kier molecular flexibility index (Phi) is 9.95. The first-order valence-corrected chi connectivity index (χ1v) is 19.0. The molecule has 13 heteroatoms. The van der Waals surface area contributed by atoms with Gasteiger partial charge in [0.1, 0.15) is 37.2 Å². The summed E-state index contributed by atoms with van der Waals surface area (Å²) >= 11 is 1.54. The Morgan fingerprint density at radius 3 is 2.40 bits per heavy atom. The van der Waals surface area contributed by atoms with Gasteiger partial charge in [-0.05, 0) is 68.0 Å². The van der Waals surface area contributed by atoms with Crippen molar-refractivity contribution in [2.45, 2.75) is 77.4 Å². The van der Waals surface area contributed by atoms with E-state index in [-0.39, 0.29) is 53.4 Å². The van der Waals surface area contributed by atoms with Crippen molar-refractivity contribution in [2.75, 3.05) is 31.1 Å². The molecule has 3 aromatic rings. The molecule has 1 unspecified atom stereocenters. The highest BCUT2D eigenvalue weighted by Crippen LogP contribution is 2.34. The number of likely N-dealkylation sites (tertiary alicyclic amines) is 2. The van der Waals surface area contributed by atoms with Crippen LogP contribution in [0.4, 0.5) is 4.39 Å². The zero-order valence-electron chi connectivity index (χ0n) is 27.1. The summed E-state index contributed by atoms with van der Waals surface area (Å²) in [4.78, 5) is 30.0. The molecule has 1 atom stereocenters. The molecule has 3 fully saturated rings. The van der Waals surface area contributed by atoms with Crippen LogP contribution >= 0.6 is 11.3 Å². The van der Waals surface area contributed by atoms with Crippen LogP contribution in [-0.2, 0) is 21.2 Å². The van der Waals surface area contributed by atoms with Gasteiger partial charge in [0.05, 0.1) is 17.1 Å². The fourth-order valence-corrected chi connectivity index (χ4v) is 8.92. The van der Waals surface area contributed by atoms with E-state index in [1.807, 2.05) is 19.1 Å². The molecule has 0 radical (unpaired) electrons. The summed E-state index contributed by atoms with van der Waals surface area (Å²) in [6, 6.07) is 10.3. The minimum Gasteiger partial charge on any atom is -0.457 e. The van der Waals surface area contributed by atoms with E-state index in [2.05, 4.69) is 34.3 Å². The highest BCUT2D eigenvalue weighted by Gasteiger charge is 2.32. The number of aromatic nitrogens is 2. The number of nitrogens with zero attached hydrogens (tertiary/aromatic N) is 4. The molecule has 6 rings (SSSR count). The Hall–Kier alpha value is -3.42. The standard InChI is InChI=1S/C34H42FN5O5S2/c1-21(2)33-37-38-34(46-33)23-4-6-27(7-5-23)45-30-18-28(29(35)17-24(30)20-40-19-22(3)16-31(40)41)32(42)36-25-8-12-39(13-9-25)26-10-14-47(43,44)15-11-26/h4-7,17-18,21-22,25-26H,8-16,19-20H2,1-3H3,(H,36,42). The zero-order chi connectivity index (χ0) is 33.3. The lowest BCUT2D eigenvalue weighted by atomic mass is 10.00. The summed E-state index contributed by atoms with van der Waals surface area (Å²) in [7, 11) is -2.92. The topological polar surface area (TPSA) is 122 Å². The van der Waals surface area contributed by atoms with E-state index < -0.39 is 21.6 Å². The number of ether oxygens (including phenoxy) is 1. The van der Waals surface area contributed by atoms with Crippen molar-refractivity contribution >= 4 is 33.0 Å². The highest BCUT2D eigenvalue weighted by atomic mass is 32.2. The molecule has 3 aliphatic rings. The lowest BCUT2D eigenvalue weighted by Gasteiger charge is -2.39. The second-order valence-corrected chi connectivity index (χ2v) is 16.7. The van der Waals surface area contributed by atoms with E-state index >= 15 is 4.39 Å². The van der Waals surface area contributed by atoms with E-state index in [1.54, 1.807) is 28.4 Å². The summed E-state index contributed by atoms with van der Waals surface area (Å²) in [5.41, 5.74) is 1.27. The maximum atomic E-state index is 15.6. The van der Waals surface area contributed by atoms with E-state index in [0.29, 0.717) is 55.7 Å². The van der Waals surface area contributed by atoms with E-state index in [4.69, 9.17) is 4.74 Å². The predicted octanol–water partition coefficient (Wildman–Crippen LogP) is 5.40. The molecular formula is C34H42FN5O5S2. The van der Waals surface area contributed by atoms with Crippen LogP contribution in [0.25, 0.3) is 10.6 Å². The van der Waals surface area contributed by atoms with E-state index in [9.17, 15) is 18.0 Å². The Labute approximate surface area is 279 Å².